The second kappa shape index (κ2) is 11.6. The van der Waals surface area contributed by atoms with Gasteiger partial charge < -0.3 is 29.0 Å². The van der Waals surface area contributed by atoms with Gasteiger partial charge in [0.15, 0.2) is 11.4 Å². The molecule has 0 unspecified atom stereocenters. The van der Waals surface area contributed by atoms with Crippen LogP contribution in [0.15, 0.2) is 48.5 Å². The fourth-order valence-electron chi connectivity index (χ4n) is 5.54. The number of carbonyl (C=O) groups excluding carboxylic acids is 1. The highest BCUT2D eigenvalue weighted by Crippen LogP contribution is 2.44. The van der Waals surface area contributed by atoms with Gasteiger partial charge in [0.25, 0.3) is 5.91 Å². The van der Waals surface area contributed by atoms with Gasteiger partial charge in [-0.05, 0) is 50.5 Å². The Morgan fingerprint density at radius 1 is 1.13 bits per heavy atom. The molecule has 0 aromatic heterocycles. The second-order valence-corrected chi connectivity index (χ2v) is 11.2. The minimum atomic E-state index is -1.31. The van der Waals surface area contributed by atoms with Gasteiger partial charge in [-0.15, -0.1) is 0 Å². The number of benzene rings is 2. The van der Waals surface area contributed by atoms with Gasteiger partial charge >= 0.3 is 0 Å². The van der Waals surface area contributed by atoms with Crippen LogP contribution in [-0.2, 0) is 41.7 Å². The molecule has 2 aromatic carbocycles. The molecule has 1 amide bonds. The molecule has 0 bridgehead atoms. The molecule has 0 spiro atoms. The van der Waals surface area contributed by atoms with Crippen LogP contribution in [0, 0.1) is 5.82 Å². The van der Waals surface area contributed by atoms with Crippen molar-refractivity contribution < 1.29 is 32.9 Å². The molecule has 206 valence electrons. The molecule has 5 rings (SSSR count). The molecule has 2 aromatic rings. The average Bonchev–Trinajstić information content (AvgIpc) is 3.51. The Bertz CT molecular complexity index is 1130. The van der Waals surface area contributed by atoms with Gasteiger partial charge in [0, 0.05) is 36.6 Å². The lowest BCUT2D eigenvalue weighted by molar-refractivity contribution is -0.184. The topological polar surface area (TPSA) is 75.3 Å². The molecule has 2 saturated heterocycles. The maximum absolute atomic E-state index is 14.5. The van der Waals surface area contributed by atoms with Crippen molar-refractivity contribution in [3.05, 3.63) is 70.5 Å². The molecule has 38 heavy (non-hydrogen) atoms. The lowest BCUT2D eigenvalue weighted by atomic mass is 9.78. The van der Waals surface area contributed by atoms with E-state index in [2.05, 4.69) is 5.32 Å². The Hall–Kier alpha value is -2.07. The largest absolute Gasteiger partial charge is 0.376 e. The zero-order valence-corrected chi connectivity index (χ0v) is 22.5. The normalized spacial score (nSPS) is 30.2. The highest BCUT2D eigenvalue weighted by molar-refractivity contribution is 6.30. The van der Waals surface area contributed by atoms with Gasteiger partial charge in [-0.3, -0.25) is 4.79 Å². The maximum atomic E-state index is 14.5. The van der Waals surface area contributed by atoms with Gasteiger partial charge in [-0.1, -0.05) is 41.9 Å². The minimum absolute atomic E-state index is 0.0289. The number of hydrogen-bond donors (Lipinski definition) is 1. The van der Waals surface area contributed by atoms with Crippen LogP contribution in [0.5, 0.6) is 0 Å². The summed E-state index contributed by atoms with van der Waals surface area (Å²) in [5.41, 5.74) is -0.0371. The van der Waals surface area contributed by atoms with E-state index in [4.69, 9.17) is 35.3 Å². The molecular formula is C29H35ClFNO6. The van der Waals surface area contributed by atoms with Crippen LogP contribution in [0.3, 0.4) is 0 Å². The van der Waals surface area contributed by atoms with Crippen molar-refractivity contribution in [1.29, 1.82) is 0 Å². The van der Waals surface area contributed by atoms with Crippen molar-refractivity contribution in [1.82, 2.24) is 5.32 Å². The van der Waals surface area contributed by atoms with Crippen LogP contribution in [-0.4, -0.2) is 54.9 Å². The molecule has 0 radical (unpaired) electrons. The predicted octanol–water partition coefficient (Wildman–Crippen LogP) is 4.93. The van der Waals surface area contributed by atoms with Crippen molar-refractivity contribution in [2.75, 3.05) is 13.2 Å². The minimum Gasteiger partial charge on any atom is -0.376 e. The van der Waals surface area contributed by atoms with Crippen LogP contribution in [0.4, 0.5) is 4.39 Å². The molecule has 1 saturated carbocycles. The number of nitrogens with one attached hydrogen (secondary N) is 1. The molecule has 1 N–H and O–H groups in total. The molecule has 3 aliphatic rings. The summed E-state index contributed by atoms with van der Waals surface area (Å²) in [4.78, 5) is 13.8. The van der Waals surface area contributed by atoms with Crippen molar-refractivity contribution in [2.45, 2.75) is 88.5 Å². The molecule has 9 heteroatoms. The first-order chi connectivity index (χ1) is 18.2. The molecular weight excluding hydrogens is 513 g/mol. The smallest absolute Gasteiger partial charge is 0.252 e. The first kappa shape index (κ1) is 27.5. The van der Waals surface area contributed by atoms with Crippen molar-refractivity contribution >= 4 is 17.5 Å². The summed E-state index contributed by atoms with van der Waals surface area (Å²) in [7, 11) is 0. The van der Waals surface area contributed by atoms with E-state index in [1.807, 2.05) is 32.0 Å². The lowest BCUT2D eigenvalue weighted by Gasteiger charge is -2.43. The Morgan fingerprint density at radius 2 is 1.97 bits per heavy atom. The van der Waals surface area contributed by atoms with E-state index < -0.39 is 23.6 Å². The third-order valence-electron chi connectivity index (χ3n) is 7.39. The number of carbonyl (C=O) groups is 1. The summed E-state index contributed by atoms with van der Waals surface area (Å²) in [6.07, 6.45) is 0.966. The van der Waals surface area contributed by atoms with E-state index in [9.17, 15) is 9.18 Å². The van der Waals surface area contributed by atoms with Crippen LogP contribution < -0.4 is 5.32 Å². The SMILES string of the molecule is CC1(C)O[C@H]2[C@H](OCc3cccc(Cl)c3)C[C@](OCc3ccccc3F)(C(=O)NC[C@H]3CCCO3)C[C@H]2O1. The molecule has 3 fully saturated rings. The highest BCUT2D eigenvalue weighted by Gasteiger charge is 2.58. The average molecular weight is 548 g/mol. The van der Waals surface area contributed by atoms with E-state index in [-0.39, 0.29) is 50.0 Å². The van der Waals surface area contributed by atoms with E-state index in [0.29, 0.717) is 23.7 Å². The second-order valence-electron chi connectivity index (χ2n) is 10.7. The van der Waals surface area contributed by atoms with E-state index in [1.54, 1.807) is 24.3 Å². The Balaban J connectivity index is 1.40. The summed E-state index contributed by atoms with van der Waals surface area (Å²) in [6, 6.07) is 13.8. The van der Waals surface area contributed by atoms with Gasteiger partial charge in [0.2, 0.25) is 0 Å². The highest BCUT2D eigenvalue weighted by atomic mass is 35.5. The fourth-order valence-corrected chi connectivity index (χ4v) is 5.76. The Kier molecular flexibility index (Phi) is 8.38. The first-order valence-corrected chi connectivity index (χ1v) is 13.6. The zero-order chi connectivity index (χ0) is 26.8. The van der Waals surface area contributed by atoms with Crippen LogP contribution >= 0.6 is 11.6 Å². The van der Waals surface area contributed by atoms with Crippen LogP contribution in [0.2, 0.25) is 5.02 Å². The maximum Gasteiger partial charge on any atom is 0.252 e. The molecule has 2 heterocycles. The predicted molar refractivity (Wildman–Crippen MR) is 139 cm³/mol. The molecule has 5 atom stereocenters. The first-order valence-electron chi connectivity index (χ1n) is 13.2. The van der Waals surface area contributed by atoms with Crippen molar-refractivity contribution in [3.63, 3.8) is 0 Å². The van der Waals surface area contributed by atoms with E-state index in [1.165, 1.54) is 6.07 Å². The summed E-state index contributed by atoms with van der Waals surface area (Å²) in [5, 5.41) is 3.65. The number of amides is 1. The molecule has 2 aliphatic heterocycles. The van der Waals surface area contributed by atoms with Gasteiger partial charge in [-0.2, -0.15) is 0 Å². The summed E-state index contributed by atoms with van der Waals surface area (Å²) >= 11 is 6.17. The molecule has 7 nitrogen and oxygen atoms in total. The third kappa shape index (κ3) is 6.38. The Labute approximate surface area is 227 Å². The third-order valence-corrected chi connectivity index (χ3v) is 7.63. The fraction of sp³-hybridized carbons (Fsp3) is 0.552. The van der Waals surface area contributed by atoms with Gasteiger partial charge in [0.05, 0.1) is 31.5 Å². The summed E-state index contributed by atoms with van der Waals surface area (Å²) < 4.78 is 45.4. The van der Waals surface area contributed by atoms with Crippen molar-refractivity contribution in [3.8, 4) is 0 Å². The van der Waals surface area contributed by atoms with Crippen LogP contribution in [0.25, 0.3) is 0 Å². The molecule has 1 aliphatic carbocycles. The van der Waals surface area contributed by atoms with Gasteiger partial charge in [0.1, 0.15) is 11.9 Å². The lowest BCUT2D eigenvalue weighted by Crippen LogP contribution is -2.60. The number of fused-ring (bicyclic) bond motifs is 1. The zero-order valence-electron chi connectivity index (χ0n) is 21.8. The standard InChI is InChI=1S/C29H35ClFNO6/c1-28(2)37-25-15-29(27(33)32-16-22-10-6-12-34-22,36-18-20-8-3-4-11-23(20)31)14-24(26(25)38-28)35-17-19-7-5-9-21(30)13-19/h3-5,7-9,11,13,22,24-26H,6,10,12,14-18H2,1-2H3,(H,32,33)/t22-,24-,25-,26+,29-/m1/s1. The van der Waals surface area contributed by atoms with E-state index in [0.717, 1.165) is 18.4 Å². The van der Waals surface area contributed by atoms with Crippen LogP contribution in [0.1, 0.15) is 50.7 Å². The summed E-state index contributed by atoms with van der Waals surface area (Å²) in [5.74, 6) is -1.51. The summed E-state index contributed by atoms with van der Waals surface area (Å²) in [6.45, 7) is 4.98. The van der Waals surface area contributed by atoms with Crippen molar-refractivity contribution in [2.24, 2.45) is 0 Å². The number of halogens is 2. The van der Waals surface area contributed by atoms with Gasteiger partial charge in [-0.25, -0.2) is 4.39 Å². The Morgan fingerprint density at radius 3 is 2.74 bits per heavy atom. The number of hydrogen-bond acceptors (Lipinski definition) is 6. The quantitative estimate of drug-likeness (QED) is 0.480. The number of ether oxygens (including phenoxy) is 5. The number of rotatable bonds is 9. The van der Waals surface area contributed by atoms with E-state index >= 15 is 0 Å². The monoisotopic (exact) mass is 547 g/mol.